The largest absolute Gasteiger partial charge is 0.336 e. The third-order valence-electron chi connectivity index (χ3n) is 3.75. The van der Waals surface area contributed by atoms with Crippen LogP contribution in [0, 0.1) is 0 Å². The van der Waals surface area contributed by atoms with Crippen LogP contribution < -0.4 is 5.43 Å². The number of nitrogens with one attached hydrogen (secondary N) is 1. The predicted octanol–water partition coefficient (Wildman–Crippen LogP) is 2.73. The minimum absolute atomic E-state index is 0.0291. The van der Waals surface area contributed by atoms with Crippen LogP contribution in [0.2, 0.25) is 0 Å². The first-order valence-corrected chi connectivity index (χ1v) is 6.33. The summed E-state index contributed by atoms with van der Waals surface area (Å²) in [4.78, 5) is 4.11. The van der Waals surface area contributed by atoms with Gasteiger partial charge < -0.3 is 0 Å². The second-order valence-electron chi connectivity index (χ2n) is 5.81. The van der Waals surface area contributed by atoms with E-state index in [-0.39, 0.29) is 12.2 Å². The smallest absolute Gasteiger partial charge is 0.253 e. The predicted molar refractivity (Wildman–Crippen MR) is 64.0 cm³/mol. The maximum atomic E-state index is 13.8. The van der Waals surface area contributed by atoms with Crippen molar-refractivity contribution < 1.29 is 13.2 Å². The van der Waals surface area contributed by atoms with Crippen LogP contribution in [0.3, 0.4) is 0 Å². The number of hydrazine groups is 1. The van der Waals surface area contributed by atoms with Crippen molar-refractivity contribution in [3.05, 3.63) is 29.6 Å². The van der Waals surface area contributed by atoms with Gasteiger partial charge in [-0.2, -0.15) is 13.8 Å². The van der Waals surface area contributed by atoms with E-state index in [2.05, 4.69) is 10.4 Å². The molecule has 1 aliphatic carbocycles. The van der Waals surface area contributed by atoms with Crippen molar-refractivity contribution in [1.82, 2.24) is 15.4 Å². The summed E-state index contributed by atoms with van der Waals surface area (Å²) >= 11 is 0. The van der Waals surface area contributed by atoms with Crippen molar-refractivity contribution >= 4 is 0 Å². The van der Waals surface area contributed by atoms with Crippen LogP contribution in [-0.4, -0.2) is 21.6 Å². The normalized spacial score (nSPS) is 24.3. The molecule has 2 aliphatic rings. The average Bonchev–Trinajstić information content (AvgIpc) is 3.10. The monoisotopic (exact) mass is 271 g/mol. The van der Waals surface area contributed by atoms with Gasteiger partial charge in [0, 0.05) is 0 Å². The first-order chi connectivity index (χ1) is 8.75. The van der Waals surface area contributed by atoms with Crippen molar-refractivity contribution in [2.45, 2.75) is 50.5 Å². The van der Waals surface area contributed by atoms with Gasteiger partial charge in [-0.1, -0.05) is 6.07 Å². The minimum atomic E-state index is -2.84. The van der Waals surface area contributed by atoms with Gasteiger partial charge in [0.1, 0.15) is 11.2 Å². The van der Waals surface area contributed by atoms with E-state index >= 15 is 0 Å². The van der Waals surface area contributed by atoms with Crippen molar-refractivity contribution in [1.29, 1.82) is 0 Å². The molecule has 3 rings (SSSR count). The van der Waals surface area contributed by atoms with Crippen LogP contribution in [-0.2, 0) is 12.2 Å². The van der Waals surface area contributed by atoms with E-state index in [0.717, 1.165) is 5.01 Å². The molecule has 1 saturated carbocycles. The van der Waals surface area contributed by atoms with Crippen LogP contribution in [0.4, 0.5) is 13.2 Å². The maximum absolute atomic E-state index is 13.8. The zero-order valence-electron chi connectivity index (χ0n) is 10.9. The van der Waals surface area contributed by atoms with Gasteiger partial charge in [-0.05, 0) is 38.8 Å². The first kappa shape index (κ1) is 12.9. The molecular formula is C13H16F3N3. The highest BCUT2D eigenvalue weighted by Gasteiger charge is 2.74. The molecule has 0 amide bonds. The summed E-state index contributed by atoms with van der Waals surface area (Å²) in [6.45, 7) is 2.77. The minimum Gasteiger partial charge on any atom is -0.253 e. The highest BCUT2D eigenvalue weighted by atomic mass is 19.3. The van der Waals surface area contributed by atoms with Crippen LogP contribution in [0.1, 0.15) is 38.1 Å². The summed E-state index contributed by atoms with van der Waals surface area (Å²) < 4.78 is 41.4. The molecule has 3 nitrogen and oxygen atoms in total. The van der Waals surface area contributed by atoms with Crippen LogP contribution >= 0.6 is 0 Å². The van der Waals surface area contributed by atoms with Crippen LogP contribution in [0.25, 0.3) is 0 Å². The Kier molecular flexibility index (Phi) is 2.51. The lowest BCUT2D eigenvalue weighted by Crippen LogP contribution is -2.75. The third-order valence-corrected chi connectivity index (χ3v) is 3.75. The molecular weight excluding hydrogens is 255 g/mol. The van der Waals surface area contributed by atoms with Gasteiger partial charge in [-0.25, -0.2) is 9.82 Å². The van der Waals surface area contributed by atoms with Crippen LogP contribution in [0.15, 0.2) is 18.2 Å². The lowest BCUT2D eigenvalue weighted by Gasteiger charge is -2.49. The van der Waals surface area contributed by atoms with Gasteiger partial charge in [-0.15, -0.1) is 0 Å². The van der Waals surface area contributed by atoms with E-state index in [1.54, 1.807) is 18.2 Å². The molecule has 1 aromatic rings. The zero-order chi connectivity index (χ0) is 13.9. The van der Waals surface area contributed by atoms with E-state index in [9.17, 15) is 13.2 Å². The number of hydrogen-bond donors (Lipinski definition) is 1. The van der Waals surface area contributed by atoms with E-state index in [0.29, 0.717) is 18.5 Å². The van der Waals surface area contributed by atoms with Crippen molar-refractivity contribution in [3.8, 4) is 0 Å². The average molecular weight is 271 g/mol. The van der Waals surface area contributed by atoms with Gasteiger partial charge >= 0.3 is 6.05 Å². The Balaban J connectivity index is 1.75. The number of pyridine rings is 1. The van der Waals surface area contributed by atoms with Crippen molar-refractivity contribution in [2.24, 2.45) is 0 Å². The molecule has 1 spiro atoms. The Hall–Kier alpha value is -1.14. The number of alkyl halides is 3. The highest BCUT2D eigenvalue weighted by molar-refractivity contribution is 5.20. The van der Waals surface area contributed by atoms with E-state index in [1.807, 2.05) is 0 Å². The molecule has 0 unspecified atom stereocenters. The zero-order valence-corrected chi connectivity index (χ0v) is 10.9. The lowest BCUT2D eigenvalue weighted by molar-refractivity contribution is -0.298. The quantitative estimate of drug-likeness (QED) is 0.857. The summed E-state index contributed by atoms with van der Waals surface area (Å²) in [7, 11) is 0. The molecule has 1 aromatic heterocycles. The van der Waals surface area contributed by atoms with Gasteiger partial charge in [0.05, 0.1) is 17.9 Å². The number of halogens is 3. The summed E-state index contributed by atoms with van der Waals surface area (Å²) in [5.74, 6) is 0. The Labute approximate surface area is 109 Å². The highest BCUT2D eigenvalue weighted by Crippen LogP contribution is 2.56. The molecule has 1 saturated heterocycles. The van der Waals surface area contributed by atoms with E-state index in [4.69, 9.17) is 0 Å². The summed E-state index contributed by atoms with van der Waals surface area (Å²) in [5, 5.41) is 0.886. The molecule has 6 heteroatoms. The molecule has 1 aliphatic heterocycles. The molecule has 1 N–H and O–H groups in total. The topological polar surface area (TPSA) is 28.2 Å². The van der Waals surface area contributed by atoms with E-state index in [1.165, 1.54) is 13.8 Å². The lowest BCUT2D eigenvalue weighted by atomic mass is 10.1. The van der Waals surface area contributed by atoms with Gasteiger partial charge in [0.15, 0.2) is 0 Å². The Morgan fingerprint density at radius 1 is 1.37 bits per heavy atom. The Bertz CT molecular complexity index is 506. The standard InChI is InChI=1S/C13H16F3N3/c1-11(2,14)10-5-3-4-9(17-10)8-19-13(15,16)12(18-19)6-7-12/h3-5,18H,6-8H2,1-2H3. The molecule has 0 aromatic carbocycles. The van der Waals surface area contributed by atoms with E-state index < -0.39 is 17.3 Å². The number of rotatable bonds is 3. The molecule has 0 atom stereocenters. The summed E-state index contributed by atoms with van der Waals surface area (Å²) in [5.41, 5.74) is 0.891. The maximum Gasteiger partial charge on any atom is 0.336 e. The third kappa shape index (κ3) is 1.94. The molecule has 104 valence electrons. The number of hydrogen-bond acceptors (Lipinski definition) is 3. The van der Waals surface area contributed by atoms with Gasteiger partial charge in [0.25, 0.3) is 0 Å². The van der Waals surface area contributed by atoms with Gasteiger partial charge in [0.2, 0.25) is 0 Å². The fraction of sp³-hybridized carbons (Fsp3) is 0.615. The Morgan fingerprint density at radius 2 is 2.05 bits per heavy atom. The summed E-state index contributed by atoms with van der Waals surface area (Å²) in [6.07, 6.45) is 1.00. The molecule has 0 radical (unpaired) electrons. The Morgan fingerprint density at radius 3 is 2.58 bits per heavy atom. The fourth-order valence-electron chi connectivity index (χ4n) is 2.34. The fourth-order valence-corrected chi connectivity index (χ4v) is 2.34. The van der Waals surface area contributed by atoms with Gasteiger partial charge in [-0.3, -0.25) is 4.98 Å². The second-order valence-corrected chi connectivity index (χ2v) is 5.81. The second kappa shape index (κ2) is 3.70. The number of aromatic nitrogens is 1. The molecule has 2 heterocycles. The molecule has 0 bridgehead atoms. The van der Waals surface area contributed by atoms with Crippen molar-refractivity contribution in [3.63, 3.8) is 0 Å². The van der Waals surface area contributed by atoms with Crippen LogP contribution in [0.5, 0.6) is 0 Å². The SMILES string of the molecule is CC(C)(F)c1cccc(CN2NC3(CC3)C2(F)F)n1. The first-order valence-electron chi connectivity index (χ1n) is 6.33. The molecule has 2 fully saturated rings. The number of nitrogens with zero attached hydrogens (tertiary/aromatic N) is 2. The summed E-state index contributed by atoms with van der Waals surface area (Å²) in [6, 6.07) is 2.00. The van der Waals surface area contributed by atoms with Crippen molar-refractivity contribution in [2.75, 3.05) is 0 Å². The molecule has 19 heavy (non-hydrogen) atoms.